The van der Waals surface area contributed by atoms with Gasteiger partial charge in [-0.25, -0.2) is 15.2 Å². The molecule has 0 fully saturated rings. The first-order valence-electron chi connectivity index (χ1n) is 12.0. The minimum Gasteiger partial charge on any atom is -0.465 e. The van der Waals surface area contributed by atoms with E-state index in [0.29, 0.717) is 11.2 Å². The molecule has 14 heteroatoms. The van der Waals surface area contributed by atoms with E-state index in [-0.39, 0.29) is 31.2 Å². The van der Waals surface area contributed by atoms with E-state index >= 15 is 0 Å². The first kappa shape index (κ1) is 28.8. The highest BCUT2D eigenvalue weighted by Crippen LogP contribution is 2.40. The van der Waals surface area contributed by atoms with Crippen LogP contribution in [0.4, 0.5) is 5.95 Å². The molecular weight excluding hydrogens is 513 g/mol. The van der Waals surface area contributed by atoms with Crippen LogP contribution in [0.5, 0.6) is 0 Å². The second-order valence-electron chi connectivity index (χ2n) is 8.37. The van der Waals surface area contributed by atoms with Gasteiger partial charge >= 0.3 is 11.9 Å². The highest BCUT2D eigenvalue weighted by molar-refractivity contribution is 7.63. The third kappa shape index (κ3) is 7.15. The van der Waals surface area contributed by atoms with E-state index in [1.54, 1.807) is 24.5 Å². The number of imidazole rings is 1. The summed E-state index contributed by atoms with van der Waals surface area (Å²) in [6.45, 7) is 7.01. The topological polar surface area (TPSA) is 183 Å². The number of nitrogens with zero attached hydrogens (tertiary/aromatic N) is 3. The van der Waals surface area contributed by atoms with E-state index in [1.165, 1.54) is 26.0 Å². The third-order valence-electron chi connectivity index (χ3n) is 5.40. The molecule has 3 atom stereocenters. The van der Waals surface area contributed by atoms with Crippen LogP contribution in [0.15, 0.2) is 41.2 Å². The summed E-state index contributed by atoms with van der Waals surface area (Å²) < 4.78 is 25.6. The molecule has 0 spiro atoms. The van der Waals surface area contributed by atoms with Crippen molar-refractivity contribution in [2.45, 2.75) is 46.3 Å². The molecule has 0 aliphatic carbocycles. The molecule has 1 unspecified atom stereocenters. The van der Waals surface area contributed by atoms with Crippen molar-refractivity contribution < 1.29 is 23.6 Å². The quantitative estimate of drug-likeness (QED) is 0.193. The number of fused-ring (bicyclic) bond motifs is 1. The van der Waals surface area contributed by atoms with Crippen LogP contribution in [0.3, 0.4) is 0 Å². The number of hydrogen-bond donors (Lipinski definition) is 4. The summed E-state index contributed by atoms with van der Waals surface area (Å²) in [6, 6.07) is 5.47. The monoisotopic (exact) mass is 545 g/mol. The summed E-state index contributed by atoms with van der Waals surface area (Å²) in [5.74, 6) is 0.202. The number of hydrogen-bond acceptors (Lipinski definition) is 9. The second-order valence-corrected chi connectivity index (χ2v) is 10.5. The van der Waals surface area contributed by atoms with Crippen LogP contribution in [-0.2, 0) is 30.2 Å². The molecule has 38 heavy (non-hydrogen) atoms. The van der Waals surface area contributed by atoms with Gasteiger partial charge in [0.2, 0.25) is 13.4 Å². The molecule has 0 saturated heterocycles. The Hall–Kier alpha value is -3.80. The van der Waals surface area contributed by atoms with Crippen LogP contribution in [0.2, 0.25) is 0 Å². The van der Waals surface area contributed by atoms with Gasteiger partial charge in [-0.2, -0.15) is 4.98 Å². The van der Waals surface area contributed by atoms with Crippen molar-refractivity contribution in [3.8, 4) is 0 Å². The number of nitrogens with one attached hydrogen (secondary N) is 3. The summed E-state index contributed by atoms with van der Waals surface area (Å²) >= 11 is 0. The Morgan fingerprint density at radius 1 is 1.13 bits per heavy atom. The number of nitrogen functional groups attached to an aromatic ring is 1. The van der Waals surface area contributed by atoms with Crippen LogP contribution in [0, 0.1) is 0 Å². The molecule has 0 saturated carbocycles. The Morgan fingerprint density at radius 2 is 1.74 bits per heavy atom. The predicted molar refractivity (Wildman–Crippen MR) is 143 cm³/mol. The van der Waals surface area contributed by atoms with Gasteiger partial charge in [0.05, 0.1) is 26.1 Å². The van der Waals surface area contributed by atoms with Gasteiger partial charge in [0.15, 0.2) is 11.2 Å². The standard InChI is InChI=1S/C24H32N7O6P/c1-5-36-22(33)15(3)29-38(35,30-16(4)23(34)37-6-2)12-11-17-9-7-8-10-18(17)13-31-14-26-19-20(31)27-24(25)28-21(19)32/h7-12,14-16H,5-6,13H2,1-4H3,(H2,29,30,35)(H3,25,27,28,32)/b12-11+/t15-,16+,38?. The number of H-pyrrole nitrogens is 1. The fraction of sp³-hybridized carbons (Fsp3) is 0.375. The molecule has 13 nitrogen and oxygen atoms in total. The molecule has 0 amide bonds. The van der Waals surface area contributed by atoms with Crippen molar-refractivity contribution in [1.82, 2.24) is 29.7 Å². The molecule has 2 aromatic heterocycles. The number of nitrogens with two attached hydrogens (primary N) is 1. The number of aromatic amines is 1. The Kier molecular flexibility index (Phi) is 9.56. The van der Waals surface area contributed by atoms with E-state index < -0.39 is 37.0 Å². The number of esters is 2. The molecule has 0 radical (unpaired) electrons. The number of benzene rings is 1. The smallest absolute Gasteiger partial charge is 0.323 e. The molecular formula is C24H32N7O6P. The second kappa shape index (κ2) is 12.6. The van der Waals surface area contributed by atoms with Crippen LogP contribution < -0.4 is 21.5 Å². The Balaban J connectivity index is 1.93. The first-order valence-corrected chi connectivity index (χ1v) is 13.8. The number of rotatable bonds is 12. The van der Waals surface area contributed by atoms with E-state index in [2.05, 4.69) is 25.1 Å². The number of carbonyl (C=O) groups is 2. The minimum atomic E-state index is -3.67. The lowest BCUT2D eigenvalue weighted by Gasteiger charge is -2.24. The number of carbonyl (C=O) groups excluding carboxylic acids is 2. The van der Waals surface area contributed by atoms with Crippen molar-refractivity contribution in [1.29, 1.82) is 0 Å². The zero-order chi connectivity index (χ0) is 27.9. The summed E-state index contributed by atoms with van der Waals surface area (Å²) in [5, 5.41) is 5.55. The van der Waals surface area contributed by atoms with Crippen LogP contribution in [-0.4, -0.2) is 56.8 Å². The number of aromatic nitrogens is 4. The molecule has 0 bridgehead atoms. The van der Waals surface area contributed by atoms with Crippen molar-refractivity contribution in [2.24, 2.45) is 0 Å². The Bertz CT molecular complexity index is 1400. The average molecular weight is 546 g/mol. The lowest BCUT2D eigenvalue weighted by atomic mass is 10.1. The van der Waals surface area contributed by atoms with E-state index in [4.69, 9.17) is 15.2 Å². The van der Waals surface area contributed by atoms with Gasteiger partial charge in [0, 0.05) is 5.82 Å². The molecule has 0 aliphatic heterocycles. The molecule has 204 valence electrons. The number of anilines is 1. The molecule has 3 rings (SSSR count). The van der Waals surface area contributed by atoms with E-state index in [1.807, 2.05) is 24.3 Å². The zero-order valence-corrected chi connectivity index (χ0v) is 22.5. The summed E-state index contributed by atoms with van der Waals surface area (Å²) in [7, 11) is -3.67. The molecule has 2 heterocycles. The van der Waals surface area contributed by atoms with Gasteiger partial charge in [-0.3, -0.25) is 23.9 Å². The van der Waals surface area contributed by atoms with Gasteiger partial charge < -0.3 is 19.8 Å². The molecule has 0 aliphatic rings. The SMILES string of the molecule is CCOC(=O)[C@H](C)NP(=O)(/C=C/c1ccccc1Cn1cnc2c(=O)[nH]c(N)nc21)N[C@H](C)C(=O)OCC. The fourth-order valence-electron chi connectivity index (χ4n) is 3.63. The van der Waals surface area contributed by atoms with Gasteiger partial charge in [-0.15, -0.1) is 0 Å². The molecule has 5 N–H and O–H groups in total. The first-order chi connectivity index (χ1) is 18.1. The normalized spacial score (nSPS) is 14.7. The summed E-state index contributed by atoms with van der Waals surface area (Å²) in [5.41, 5.74) is 7.24. The summed E-state index contributed by atoms with van der Waals surface area (Å²) in [6.07, 6.45) is 3.11. The van der Waals surface area contributed by atoms with Crippen molar-refractivity contribution >= 4 is 42.6 Å². The Morgan fingerprint density at radius 3 is 2.34 bits per heavy atom. The molecule has 1 aromatic carbocycles. The van der Waals surface area contributed by atoms with Gasteiger partial charge in [0.1, 0.15) is 12.1 Å². The maximum atomic E-state index is 13.9. The van der Waals surface area contributed by atoms with Gasteiger partial charge in [-0.1, -0.05) is 24.3 Å². The van der Waals surface area contributed by atoms with Crippen LogP contribution in [0.1, 0.15) is 38.8 Å². The van der Waals surface area contributed by atoms with Gasteiger partial charge in [0.25, 0.3) is 5.56 Å². The lowest BCUT2D eigenvalue weighted by Crippen LogP contribution is -2.41. The highest BCUT2D eigenvalue weighted by Gasteiger charge is 2.29. The van der Waals surface area contributed by atoms with Gasteiger partial charge in [-0.05, 0) is 44.9 Å². The maximum absolute atomic E-state index is 13.9. The lowest BCUT2D eigenvalue weighted by molar-refractivity contribution is -0.145. The van der Waals surface area contributed by atoms with Crippen molar-refractivity contribution in [3.05, 3.63) is 57.9 Å². The fourth-order valence-corrected chi connectivity index (χ4v) is 5.61. The van der Waals surface area contributed by atoms with Crippen molar-refractivity contribution in [2.75, 3.05) is 18.9 Å². The van der Waals surface area contributed by atoms with E-state index in [0.717, 1.165) is 5.56 Å². The average Bonchev–Trinajstić information content (AvgIpc) is 3.26. The van der Waals surface area contributed by atoms with Crippen LogP contribution in [0.25, 0.3) is 17.2 Å². The maximum Gasteiger partial charge on any atom is 0.323 e. The third-order valence-corrected chi connectivity index (χ3v) is 7.51. The summed E-state index contributed by atoms with van der Waals surface area (Å²) in [4.78, 5) is 47.3. The van der Waals surface area contributed by atoms with Crippen LogP contribution >= 0.6 is 7.44 Å². The Labute approximate surface area is 219 Å². The molecule has 3 aromatic rings. The van der Waals surface area contributed by atoms with E-state index in [9.17, 15) is 18.9 Å². The largest absolute Gasteiger partial charge is 0.465 e. The zero-order valence-electron chi connectivity index (χ0n) is 21.6. The predicted octanol–water partition coefficient (Wildman–Crippen LogP) is 2.00. The highest BCUT2D eigenvalue weighted by atomic mass is 31.2. The number of ether oxygens (including phenoxy) is 2. The minimum absolute atomic E-state index is 0.0260. The van der Waals surface area contributed by atoms with Crippen molar-refractivity contribution in [3.63, 3.8) is 0 Å².